The smallest absolute Gasteiger partial charge is 0.145 e. The van der Waals surface area contributed by atoms with Crippen molar-refractivity contribution in [2.45, 2.75) is 6.92 Å². The molecule has 1 aliphatic rings. The van der Waals surface area contributed by atoms with Crippen LogP contribution in [0.5, 0.6) is 0 Å². The molecule has 0 fully saturated rings. The minimum absolute atomic E-state index is 0. The Morgan fingerprint density at radius 2 is 2.25 bits per heavy atom. The monoisotopic (exact) mass is 133 g/mol. The van der Waals surface area contributed by atoms with Crippen molar-refractivity contribution in [3.63, 3.8) is 0 Å². The van der Waals surface area contributed by atoms with Crippen LogP contribution < -0.4 is 17.4 Å². The molecule has 4 heteroatoms. The predicted molar refractivity (Wildman–Crippen MR) is 25.5 cm³/mol. The Balaban J connectivity index is 0.000000490. The lowest BCUT2D eigenvalue weighted by Gasteiger charge is -1.84. The van der Waals surface area contributed by atoms with Gasteiger partial charge in [-0.2, -0.15) is 5.01 Å². The Morgan fingerprint density at radius 1 is 1.62 bits per heavy atom. The van der Waals surface area contributed by atoms with E-state index in [0.29, 0.717) is 0 Å². The summed E-state index contributed by atoms with van der Waals surface area (Å²) in [6.07, 6.45) is 1.94. The van der Waals surface area contributed by atoms with E-state index in [4.69, 9.17) is 0 Å². The van der Waals surface area contributed by atoms with Crippen LogP contribution >= 0.6 is 0 Å². The number of quaternary nitrogens is 1. The van der Waals surface area contributed by atoms with Crippen molar-refractivity contribution in [2.24, 2.45) is 10.3 Å². The molecule has 0 radical (unpaired) electrons. The van der Waals surface area contributed by atoms with Gasteiger partial charge < -0.3 is 12.4 Å². The first kappa shape index (κ1) is 7.59. The lowest BCUT2D eigenvalue weighted by atomic mass is 10.6. The Kier molecular flexibility index (Phi) is 2.65. The molecule has 0 saturated heterocycles. The highest BCUT2D eigenvalue weighted by molar-refractivity contribution is 4.88. The topological polar surface area (TPSA) is 29.2 Å². The Bertz CT molecular complexity index is 129. The second-order valence-corrected chi connectivity index (χ2v) is 1.63. The van der Waals surface area contributed by atoms with Gasteiger partial charge in [0.15, 0.2) is 0 Å². The average Bonchev–Trinajstić information content (AvgIpc) is 1.87. The van der Waals surface area contributed by atoms with Gasteiger partial charge in [0.05, 0.1) is 7.05 Å². The SMILES string of the molecule is CC1=C[NH+](C)N=N1.[Cl-]. The second-order valence-electron chi connectivity index (χ2n) is 1.63. The molecule has 0 amide bonds. The maximum Gasteiger partial charge on any atom is 0.145 e. The third-order valence-electron chi connectivity index (χ3n) is 0.783. The number of hydrogen-bond acceptors (Lipinski definition) is 2. The minimum atomic E-state index is 0. The van der Waals surface area contributed by atoms with Crippen molar-refractivity contribution in [1.82, 2.24) is 0 Å². The molecule has 1 unspecified atom stereocenters. The van der Waals surface area contributed by atoms with E-state index >= 15 is 0 Å². The summed E-state index contributed by atoms with van der Waals surface area (Å²) >= 11 is 0. The van der Waals surface area contributed by atoms with Crippen LogP contribution in [-0.2, 0) is 0 Å². The molecule has 0 spiro atoms. The molecule has 8 heavy (non-hydrogen) atoms. The number of hydrogen-bond donors (Lipinski definition) is 1. The summed E-state index contributed by atoms with van der Waals surface area (Å²) in [6.45, 7) is 1.93. The van der Waals surface area contributed by atoms with Gasteiger partial charge in [0.2, 0.25) is 0 Å². The van der Waals surface area contributed by atoms with E-state index < -0.39 is 0 Å². The fourth-order valence-electron chi connectivity index (χ4n) is 0.518. The third-order valence-corrected chi connectivity index (χ3v) is 0.783. The molecule has 1 N–H and O–H groups in total. The number of rotatable bonds is 0. The molecule has 46 valence electrons. The first-order valence-electron chi connectivity index (χ1n) is 2.22. The molecule has 0 aliphatic carbocycles. The van der Waals surface area contributed by atoms with E-state index in [1.54, 1.807) is 0 Å². The van der Waals surface area contributed by atoms with Gasteiger partial charge >= 0.3 is 0 Å². The van der Waals surface area contributed by atoms with Crippen LogP contribution in [0.4, 0.5) is 0 Å². The highest BCUT2D eigenvalue weighted by Gasteiger charge is 2.02. The summed E-state index contributed by atoms with van der Waals surface area (Å²) in [5.41, 5.74) is 0.998. The van der Waals surface area contributed by atoms with E-state index in [-0.39, 0.29) is 12.4 Å². The maximum absolute atomic E-state index is 3.77. The number of nitrogens with one attached hydrogen (secondary N) is 1. The zero-order valence-electron chi connectivity index (χ0n) is 4.85. The van der Waals surface area contributed by atoms with E-state index in [2.05, 4.69) is 10.3 Å². The molecule has 0 aromatic rings. The quantitative estimate of drug-likeness (QED) is 0.360. The van der Waals surface area contributed by atoms with Gasteiger partial charge in [-0.05, 0) is 6.92 Å². The predicted octanol–water partition coefficient (Wildman–Crippen LogP) is -3.25. The van der Waals surface area contributed by atoms with Crippen LogP contribution in [0.3, 0.4) is 0 Å². The first-order valence-corrected chi connectivity index (χ1v) is 2.22. The van der Waals surface area contributed by atoms with Crippen LogP contribution in [0.2, 0.25) is 0 Å². The van der Waals surface area contributed by atoms with Crippen LogP contribution in [0, 0.1) is 0 Å². The summed E-state index contributed by atoms with van der Waals surface area (Å²) in [4.78, 5) is 0. The van der Waals surface area contributed by atoms with Crippen LogP contribution in [0.25, 0.3) is 0 Å². The van der Waals surface area contributed by atoms with Crippen LogP contribution in [0.1, 0.15) is 6.92 Å². The Hall–Kier alpha value is -0.410. The van der Waals surface area contributed by atoms with E-state index in [1.807, 2.05) is 20.2 Å². The van der Waals surface area contributed by atoms with Gasteiger partial charge in [0.25, 0.3) is 0 Å². The molecule has 0 aromatic heterocycles. The lowest BCUT2D eigenvalue weighted by molar-refractivity contribution is -0.833. The summed E-state index contributed by atoms with van der Waals surface area (Å²) in [6, 6.07) is 0. The molecule has 0 aromatic carbocycles. The highest BCUT2D eigenvalue weighted by Crippen LogP contribution is 1.92. The molecule has 1 aliphatic heterocycles. The number of allylic oxidation sites excluding steroid dienone is 1. The molecule has 0 bridgehead atoms. The lowest BCUT2D eigenvalue weighted by Crippen LogP contribution is -3.00. The zero-order valence-corrected chi connectivity index (χ0v) is 5.61. The van der Waals surface area contributed by atoms with Crippen LogP contribution in [-0.4, -0.2) is 7.05 Å². The summed E-state index contributed by atoms with van der Waals surface area (Å²) < 4.78 is 0. The molecule has 1 atom stereocenters. The third kappa shape index (κ3) is 1.60. The zero-order chi connectivity index (χ0) is 5.28. The summed E-state index contributed by atoms with van der Waals surface area (Å²) in [5, 5.41) is 8.53. The molecular formula is C4H8ClN3. The normalized spacial score (nSPS) is 24.8. The van der Waals surface area contributed by atoms with Gasteiger partial charge in [0, 0.05) is 5.22 Å². The minimum Gasteiger partial charge on any atom is -1.00 e. The molecule has 0 saturated carbocycles. The Morgan fingerprint density at radius 3 is 2.38 bits per heavy atom. The van der Waals surface area contributed by atoms with Gasteiger partial charge in [-0.25, -0.2) is 0 Å². The van der Waals surface area contributed by atoms with Gasteiger partial charge in [-0.1, -0.05) is 0 Å². The summed E-state index contributed by atoms with van der Waals surface area (Å²) in [5.74, 6) is 0. The molecule has 1 heterocycles. The van der Waals surface area contributed by atoms with Crippen molar-refractivity contribution in [3.05, 3.63) is 11.9 Å². The molecule has 1 rings (SSSR count). The largest absolute Gasteiger partial charge is 1.00 e. The van der Waals surface area contributed by atoms with E-state index in [9.17, 15) is 0 Å². The average molecular weight is 134 g/mol. The highest BCUT2D eigenvalue weighted by atomic mass is 35.5. The van der Waals surface area contributed by atoms with Crippen molar-refractivity contribution < 1.29 is 17.4 Å². The number of nitrogens with zero attached hydrogens (tertiary/aromatic N) is 2. The standard InChI is InChI=1S/C4H7N3.ClH/c1-4-3-7(2)6-5-4;/h3H,1-2H3;1H. The molecule has 3 nitrogen and oxygen atoms in total. The van der Waals surface area contributed by atoms with Gasteiger partial charge in [0.1, 0.15) is 11.9 Å². The van der Waals surface area contributed by atoms with E-state index in [0.717, 1.165) is 10.7 Å². The van der Waals surface area contributed by atoms with E-state index in [1.165, 1.54) is 0 Å². The van der Waals surface area contributed by atoms with Crippen molar-refractivity contribution >= 4 is 0 Å². The summed E-state index contributed by atoms with van der Waals surface area (Å²) in [7, 11) is 1.93. The Labute approximate surface area is 54.5 Å². The van der Waals surface area contributed by atoms with Crippen molar-refractivity contribution in [3.8, 4) is 0 Å². The van der Waals surface area contributed by atoms with Crippen LogP contribution in [0.15, 0.2) is 22.2 Å². The van der Waals surface area contributed by atoms with Crippen molar-refractivity contribution in [1.29, 1.82) is 0 Å². The first-order chi connectivity index (χ1) is 3.29. The fourth-order valence-corrected chi connectivity index (χ4v) is 0.518. The van der Waals surface area contributed by atoms with Crippen molar-refractivity contribution in [2.75, 3.05) is 7.05 Å². The number of halogens is 1. The molecular weight excluding hydrogens is 126 g/mol. The maximum atomic E-state index is 3.77. The van der Waals surface area contributed by atoms with Gasteiger partial charge in [-0.15, -0.1) is 5.11 Å². The van der Waals surface area contributed by atoms with Gasteiger partial charge in [-0.3, -0.25) is 0 Å². The fraction of sp³-hybridized carbons (Fsp3) is 0.500. The second kappa shape index (κ2) is 2.79.